The number of rotatable bonds is 9. The standard InChI is InChI=1S/C9H16O6/c1-2-14-5-6-15-4-3-7(8(10)11)9(12)13/h7H,2-6H2,1H3,(H,10,11)(H,12,13). The van der Waals surface area contributed by atoms with Gasteiger partial charge < -0.3 is 19.7 Å². The Labute approximate surface area is 87.8 Å². The lowest BCUT2D eigenvalue weighted by Gasteiger charge is -2.07. The van der Waals surface area contributed by atoms with E-state index < -0.39 is 17.9 Å². The van der Waals surface area contributed by atoms with Crippen LogP contribution in [0.1, 0.15) is 13.3 Å². The number of carbonyl (C=O) groups is 2. The summed E-state index contributed by atoms with van der Waals surface area (Å²) >= 11 is 0. The molecule has 88 valence electrons. The Bertz CT molecular complexity index is 189. The Morgan fingerprint density at radius 2 is 1.60 bits per heavy atom. The lowest BCUT2D eigenvalue weighted by atomic mass is 10.1. The molecule has 0 aromatic heterocycles. The predicted molar refractivity (Wildman–Crippen MR) is 50.7 cm³/mol. The number of carboxylic acid groups (broad SMARTS) is 2. The summed E-state index contributed by atoms with van der Waals surface area (Å²) in [5.41, 5.74) is 0. The van der Waals surface area contributed by atoms with Gasteiger partial charge in [0, 0.05) is 13.2 Å². The van der Waals surface area contributed by atoms with Crippen molar-refractivity contribution in [1.29, 1.82) is 0 Å². The fourth-order valence-corrected chi connectivity index (χ4v) is 0.918. The lowest BCUT2D eigenvalue weighted by Crippen LogP contribution is -2.25. The summed E-state index contributed by atoms with van der Waals surface area (Å²) in [6.07, 6.45) is -0.0310. The monoisotopic (exact) mass is 220 g/mol. The fraction of sp³-hybridized carbons (Fsp3) is 0.778. The maximum absolute atomic E-state index is 10.4. The van der Waals surface area contributed by atoms with E-state index in [2.05, 4.69) is 0 Å². The van der Waals surface area contributed by atoms with Crippen molar-refractivity contribution in [2.24, 2.45) is 5.92 Å². The highest BCUT2D eigenvalue weighted by molar-refractivity contribution is 5.92. The molecular weight excluding hydrogens is 204 g/mol. The smallest absolute Gasteiger partial charge is 0.317 e. The normalized spacial score (nSPS) is 10.5. The predicted octanol–water partition coefficient (Wildman–Crippen LogP) is 0.215. The van der Waals surface area contributed by atoms with Gasteiger partial charge in [-0.3, -0.25) is 9.59 Å². The van der Waals surface area contributed by atoms with E-state index in [0.717, 1.165) is 0 Å². The molecule has 0 atom stereocenters. The Balaban J connectivity index is 3.55. The molecule has 0 fully saturated rings. The molecule has 6 heteroatoms. The van der Waals surface area contributed by atoms with Crippen molar-refractivity contribution in [2.75, 3.05) is 26.4 Å². The molecule has 0 saturated carbocycles. The molecule has 0 aromatic carbocycles. The van der Waals surface area contributed by atoms with E-state index in [1.807, 2.05) is 6.92 Å². The summed E-state index contributed by atoms with van der Waals surface area (Å²) in [6, 6.07) is 0. The molecule has 0 bridgehead atoms. The molecule has 0 spiro atoms. The van der Waals surface area contributed by atoms with Crippen LogP contribution in [0.25, 0.3) is 0 Å². The molecule has 0 aromatic rings. The minimum absolute atomic E-state index is 0.0310. The van der Waals surface area contributed by atoms with Crippen molar-refractivity contribution >= 4 is 11.9 Å². The summed E-state index contributed by atoms with van der Waals surface area (Å²) in [7, 11) is 0. The van der Waals surface area contributed by atoms with Gasteiger partial charge >= 0.3 is 11.9 Å². The average Bonchev–Trinajstić information content (AvgIpc) is 2.15. The zero-order chi connectivity index (χ0) is 11.7. The van der Waals surface area contributed by atoms with Crippen LogP contribution in [-0.2, 0) is 19.1 Å². The van der Waals surface area contributed by atoms with E-state index in [-0.39, 0.29) is 13.0 Å². The number of ether oxygens (including phenoxy) is 2. The van der Waals surface area contributed by atoms with E-state index in [1.54, 1.807) is 0 Å². The number of hydrogen-bond acceptors (Lipinski definition) is 4. The average molecular weight is 220 g/mol. The molecule has 0 unspecified atom stereocenters. The van der Waals surface area contributed by atoms with Gasteiger partial charge in [0.2, 0.25) is 0 Å². The second-order valence-electron chi connectivity index (χ2n) is 2.83. The van der Waals surface area contributed by atoms with Gasteiger partial charge in [-0.25, -0.2) is 0 Å². The molecule has 0 aliphatic carbocycles. The summed E-state index contributed by atoms with van der Waals surface area (Å²) < 4.78 is 9.99. The third kappa shape index (κ3) is 6.87. The van der Waals surface area contributed by atoms with Crippen LogP contribution in [0.2, 0.25) is 0 Å². The minimum Gasteiger partial charge on any atom is -0.481 e. The van der Waals surface area contributed by atoms with Crippen LogP contribution in [0.3, 0.4) is 0 Å². The van der Waals surface area contributed by atoms with E-state index >= 15 is 0 Å². The summed E-state index contributed by atoms with van der Waals surface area (Å²) in [5, 5.41) is 17.0. The quantitative estimate of drug-likeness (QED) is 0.426. The third-order valence-electron chi connectivity index (χ3n) is 1.72. The summed E-state index contributed by atoms with van der Waals surface area (Å²) in [6.45, 7) is 3.33. The molecule has 0 rings (SSSR count). The summed E-state index contributed by atoms with van der Waals surface area (Å²) in [5.74, 6) is -4.07. The number of hydrogen-bond donors (Lipinski definition) is 2. The molecule has 0 saturated heterocycles. The molecular formula is C9H16O6. The molecule has 15 heavy (non-hydrogen) atoms. The van der Waals surface area contributed by atoms with Crippen molar-refractivity contribution in [3.63, 3.8) is 0 Å². The van der Waals surface area contributed by atoms with Crippen LogP contribution in [0.5, 0.6) is 0 Å². The maximum Gasteiger partial charge on any atom is 0.317 e. The highest BCUT2D eigenvalue weighted by atomic mass is 16.5. The topological polar surface area (TPSA) is 93.1 Å². The zero-order valence-electron chi connectivity index (χ0n) is 8.64. The largest absolute Gasteiger partial charge is 0.481 e. The van der Waals surface area contributed by atoms with Crippen LogP contribution < -0.4 is 0 Å². The first-order valence-corrected chi connectivity index (χ1v) is 4.70. The Hall–Kier alpha value is -1.14. The first kappa shape index (κ1) is 13.9. The van der Waals surface area contributed by atoms with Crippen molar-refractivity contribution in [3.05, 3.63) is 0 Å². The van der Waals surface area contributed by atoms with Crippen molar-refractivity contribution in [1.82, 2.24) is 0 Å². The Morgan fingerprint density at radius 1 is 1.07 bits per heavy atom. The zero-order valence-corrected chi connectivity index (χ0v) is 8.64. The molecule has 0 heterocycles. The molecule has 0 amide bonds. The second kappa shape index (κ2) is 8.19. The van der Waals surface area contributed by atoms with E-state index in [0.29, 0.717) is 19.8 Å². The molecule has 2 N–H and O–H groups in total. The SMILES string of the molecule is CCOCCOCCC(C(=O)O)C(=O)O. The lowest BCUT2D eigenvalue weighted by molar-refractivity contribution is -0.155. The molecule has 6 nitrogen and oxygen atoms in total. The maximum atomic E-state index is 10.4. The highest BCUT2D eigenvalue weighted by Crippen LogP contribution is 2.03. The Morgan fingerprint density at radius 3 is 2.07 bits per heavy atom. The van der Waals surface area contributed by atoms with Gasteiger partial charge in [0.1, 0.15) is 0 Å². The second-order valence-corrected chi connectivity index (χ2v) is 2.83. The van der Waals surface area contributed by atoms with Crippen LogP contribution >= 0.6 is 0 Å². The van der Waals surface area contributed by atoms with Crippen LogP contribution in [0.4, 0.5) is 0 Å². The van der Waals surface area contributed by atoms with Crippen LogP contribution in [-0.4, -0.2) is 48.6 Å². The number of aliphatic carboxylic acids is 2. The van der Waals surface area contributed by atoms with Gasteiger partial charge in [-0.1, -0.05) is 0 Å². The van der Waals surface area contributed by atoms with Crippen molar-refractivity contribution in [2.45, 2.75) is 13.3 Å². The van der Waals surface area contributed by atoms with Gasteiger partial charge in [-0.05, 0) is 13.3 Å². The van der Waals surface area contributed by atoms with Gasteiger partial charge in [0.05, 0.1) is 13.2 Å². The van der Waals surface area contributed by atoms with Crippen LogP contribution in [0.15, 0.2) is 0 Å². The first-order chi connectivity index (χ1) is 7.09. The van der Waals surface area contributed by atoms with Crippen molar-refractivity contribution < 1.29 is 29.3 Å². The molecule has 0 radical (unpaired) electrons. The van der Waals surface area contributed by atoms with Gasteiger partial charge in [0.25, 0.3) is 0 Å². The van der Waals surface area contributed by atoms with Gasteiger partial charge in [-0.15, -0.1) is 0 Å². The van der Waals surface area contributed by atoms with Crippen molar-refractivity contribution in [3.8, 4) is 0 Å². The number of carboxylic acids is 2. The highest BCUT2D eigenvalue weighted by Gasteiger charge is 2.24. The van der Waals surface area contributed by atoms with E-state index in [4.69, 9.17) is 19.7 Å². The third-order valence-corrected chi connectivity index (χ3v) is 1.72. The van der Waals surface area contributed by atoms with E-state index in [1.165, 1.54) is 0 Å². The van der Waals surface area contributed by atoms with Gasteiger partial charge in [0.15, 0.2) is 5.92 Å². The Kier molecular flexibility index (Phi) is 7.57. The van der Waals surface area contributed by atoms with Gasteiger partial charge in [-0.2, -0.15) is 0 Å². The summed E-state index contributed by atoms with van der Waals surface area (Å²) in [4.78, 5) is 20.9. The molecule has 0 aliphatic rings. The molecule has 0 aliphatic heterocycles. The minimum atomic E-state index is -1.39. The first-order valence-electron chi connectivity index (χ1n) is 4.70. The fourth-order valence-electron chi connectivity index (χ4n) is 0.918. The van der Waals surface area contributed by atoms with Crippen LogP contribution in [0, 0.1) is 5.92 Å². The van der Waals surface area contributed by atoms with E-state index in [9.17, 15) is 9.59 Å².